The Morgan fingerprint density at radius 2 is 1.93 bits per heavy atom. The first-order chi connectivity index (χ1) is 13.2. The predicted molar refractivity (Wildman–Crippen MR) is 117 cm³/mol. The lowest BCUT2D eigenvalue weighted by molar-refractivity contribution is -0.116. The molecule has 1 aliphatic heterocycles. The molecule has 2 N–H and O–H groups in total. The van der Waals surface area contributed by atoms with Crippen LogP contribution in [0, 0.1) is 5.92 Å². The number of hydrogen-bond acceptors (Lipinski definition) is 3. The maximum Gasteiger partial charge on any atom is 0.223 e. The summed E-state index contributed by atoms with van der Waals surface area (Å²) in [5.74, 6) is 0.266. The van der Waals surface area contributed by atoms with E-state index in [2.05, 4.69) is 42.4 Å². The van der Waals surface area contributed by atoms with Crippen LogP contribution in [0.1, 0.15) is 76.3 Å². The number of carbonyl (C=O) groups is 1. The summed E-state index contributed by atoms with van der Waals surface area (Å²) in [6.45, 7) is 12.5. The largest absolute Gasteiger partial charge is 0.507 e. The molecule has 0 saturated carbocycles. The Kier molecular flexibility index (Phi) is 5.95. The summed E-state index contributed by atoms with van der Waals surface area (Å²) in [5.41, 5.74) is 4.27. The zero-order chi connectivity index (χ0) is 20.7. The maximum absolute atomic E-state index is 12.2. The molecule has 0 bridgehead atoms. The fourth-order valence-electron chi connectivity index (χ4n) is 4.85. The minimum absolute atomic E-state index is 0.0291. The summed E-state index contributed by atoms with van der Waals surface area (Å²) in [4.78, 5) is 13.9. The van der Waals surface area contributed by atoms with Gasteiger partial charge in [-0.15, -0.1) is 0 Å². The van der Waals surface area contributed by atoms with Crippen molar-refractivity contribution in [1.82, 2.24) is 0 Å². The fourth-order valence-corrected chi connectivity index (χ4v) is 5.50. The zero-order valence-corrected chi connectivity index (χ0v) is 18.8. The highest BCUT2D eigenvalue weighted by Crippen LogP contribution is 2.56. The van der Waals surface area contributed by atoms with Gasteiger partial charge in [0.2, 0.25) is 5.91 Å². The molecule has 0 saturated heterocycles. The number of phenols is 2. The number of nitrogens with zero attached hydrogens (tertiary/aromatic N) is 1. The number of phenolic OH excluding ortho intramolecular Hbond substituents is 2. The highest BCUT2D eigenvalue weighted by molar-refractivity contribution is 9.10. The smallest absolute Gasteiger partial charge is 0.223 e. The molecule has 5 heteroatoms. The SMILES string of the molecule is C=C(C)[C@@H]1CCC(C)=C[C@H]1c1c(O)c(Br)c2c(c1O)[C@H](CC)CCN2C(C)=O. The minimum atomic E-state index is -0.127. The summed E-state index contributed by atoms with van der Waals surface area (Å²) in [7, 11) is 0. The standard InChI is InChI=1S/C23H30BrNO3/c1-6-15-9-10-25(14(5)26)21-18(15)22(27)19(23(28)20(21)24)17-11-13(4)7-8-16(17)12(2)3/h11,15-17,27-28H,2,6-10H2,1,3-5H3/t15-,16+,17-/m1/s1. The van der Waals surface area contributed by atoms with Crippen molar-refractivity contribution in [3.8, 4) is 11.5 Å². The fraction of sp³-hybridized carbons (Fsp3) is 0.522. The van der Waals surface area contributed by atoms with Gasteiger partial charge in [-0.25, -0.2) is 0 Å². The van der Waals surface area contributed by atoms with Crippen molar-refractivity contribution in [2.45, 2.75) is 65.2 Å². The highest BCUT2D eigenvalue weighted by atomic mass is 79.9. The lowest BCUT2D eigenvalue weighted by atomic mass is 9.72. The Labute approximate surface area is 176 Å². The van der Waals surface area contributed by atoms with Gasteiger partial charge in [-0.1, -0.05) is 30.7 Å². The molecule has 1 amide bonds. The predicted octanol–water partition coefficient (Wildman–Crippen LogP) is 6.13. The second-order valence-corrected chi connectivity index (χ2v) is 9.07. The molecule has 0 aromatic heterocycles. The van der Waals surface area contributed by atoms with Crippen molar-refractivity contribution in [2.24, 2.45) is 5.92 Å². The van der Waals surface area contributed by atoms with E-state index in [1.807, 2.05) is 6.92 Å². The molecule has 4 nitrogen and oxygen atoms in total. The Morgan fingerprint density at radius 1 is 1.25 bits per heavy atom. The molecule has 1 aliphatic carbocycles. The summed E-state index contributed by atoms with van der Waals surface area (Å²) in [6, 6.07) is 0. The molecule has 1 aromatic rings. The summed E-state index contributed by atoms with van der Waals surface area (Å²) in [6.07, 6.45) is 5.77. The van der Waals surface area contributed by atoms with Crippen molar-refractivity contribution in [3.63, 3.8) is 0 Å². The van der Waals surface area contributed by atoms with E-state index in [1.54, 1.807) is 4.90 Å². The molecular formula is C23H30BrNO3. The van der Waals surface area contributed by atoms with Crippen molar-refractivity contribution in [2.75, 3.05) is 11.4 Å². The van der Waals surface area contributed by atoms with Gasteiger partial charge in [0, 0.05) is 30.5 Å². The van der Waals surface area contributed by atoms with Crippen LogP contribution in [-0.4, -0.2) is 22.7 Å². The molecule has 152 valence electrons. The van der Waals surface area contributed by atoms with E-state index in [0.717, 1.165) is 36.8 Å². The Morgan fingerprint density at radius 3 is 2.50 bits per heavy atom. The van der Waals surface area contributed by atoms with Gasteiger partial charge in [-0.3, -0.25) is 4.79 Å². The molecule has 0 unspecified atom stereocenters. The van der Waals surface area contributed by atoms with Gasteiger partial charge in [0.25, 0.3) is 0 Å². The lowest BCUT2D eigenvalue weighted by Gasteiger charge is -2.38. The van der Waals surface area contributed by atoms with Crippen LogP contribution in [0.25, 0.3) is 0 Å². The minimum Gasteiger partial charge on any atom is -0.507 e. The van der Waals surface area contributed by atoms with Crippen LogP contribution in [0.3, 0.4) is 0 Å². The summed E-state index contributed by atoms with van der Waals surface area (Å²) >= 11 is 3.56. The quantitative estimate of drug-likeness (QED) is 0.547. The van der Waals surface area contributed by atoms with Gasteiger partial charge in [0.1, 0.15) is 11.5 Å². The van der Waals surface area contributed by atoms with Crippen LogP contribution in [0.4, 0.5) is 5.69 Å². The number of benzene rings is 1. The van der Waals surface area contributed by atoms with Gasteiger partial charge >= 0.3 is 0 Å². The van der Waals surface area contributed by atoms with E-state index in [9.17, 15) is 15.0 Å². The van der Waals surface area contributed by atoms with Gasteiger partial charge in [-0.05, 0) is 67.3 Å². The molecule has 0 radical (unpaired) electrons. The number of aromatic hydroxyl groups is 2. The number of rotatable bonds is 3. The van der Waals surface area contributed by atoms with E-state index in [4.69, 9.17) is 0 Å². The van der Waals surface area contributed by atoms with E-state index in [-0.39, 0.29) is 35.2 Å². The van der Waals surface area contributed by atoms with Gasteiger partial charge in [0.15, 0.2) is 0 Å². The van der Waals surface area contributed by atoms with Crippen LogP contribution in [0.5, 0.6) is 11.5 Å². The molecule has 0 spiro atoms. The lowest BCUT2D eigenvalue weighted by Crippen LogP contribution is -2.35. The monoisotopic (exact) mass is 447 g/mol. The van der Waals surface area contributed by atoms with Crippen LogP contribution in [0.2, 0.25) is 0 Å². The first-order valence-corrected chi connectivity index (χ1v) is 10.9. The summed E-state index contributed by atoms with van der Waals surface area (Å²) in [5, 5.41) is 22.5. The summed E-state index contributed by atoms with van der Waals surface area (Å²) < 4.78 is 0.501. The van der Waals surface area contributed by atoms with Crippen molar-refractivity contribution in [1.29, 1.82) is 0 Å². The molecule has 3 atom stereocenters. The van der Waals surface area contributed by atoms with Gasteiger partial charge < -0.3 is 15.1 Å². The number of amides is 1. The number of anilines is 1. The number of fused-ring (bicyclic) bond motifs is 1. The normalized spacial score (nSPS) is 24.5. The second kappa shape index (κ2) is 7.94. The van der Waals surface area contributed by atoms with E-state index < -0.39 is 0 Å². The second-order valence-electron chi connectivity index (χ2n) is 8.28. The third-order valence-corrected chi connectivity index (χ3v) is 7.15. The zero-order valence-electron chi connectivity index (χ0n) is 17.2. The Hall–Kier alpha value is -1.75. The van der Waals surface area contributed by atoms with Crippen LogP contribution < -0.4 is 4.90 Å². The molecule has 0 fully saturated rings. The highest BCUT2D eigenvalue weighted by Gasteiger charge is 2.38. The molecule has 3 rings (SSSR count). The topological polar surface area (TPSA) is 60.8 Å². The first kappa shape index (κ1) is 21.0. The van der Waals surface area contributed by atoms with E-state index in [1.165, 1.54) is 12.5 Å². The third-order valence-electron chi connectivity index (χ3n) is 6.40. The maximum atomic E-state index is 12.2. The van der Waals surface area contributed by atoms with Crippen molar-refractivity contribution < 1.29 is 15.0 Å². The number of allylic oxidation sites excluding steroid dienone is 3. The average Bonchev–Trinajstić information content (AvgIpc) is 2.64. The number of halogens is 1. The molecule has 1 heterocycles. The number of hydrogen-bond donors (Lipinski definition) is 2. The average molecular weight is 448 g/mol. The third kappa shape index (κ3) is 3.38. The van der Waals surface area contributed by atoms with Gasteiger partial charge in [0.05, 0.1) is 10.2 Å². The molecular weight excluding hydrogens is 418 g/mol. The molecule has 28 heavy (non-hydrogen) atoms. The van der Waals surface area contributed by atoms with E-state index >= 15 is 0 Å². The van der Waals surface area contributed by atoms with Crippen LogP contribution in [0.15, 0.2) is 28.3 Å². The first-order valence-electron chi connectivity index (χ1n) is 10.1. The van der Waals surface area contributed by atoms with Crippen molar-refractivity contribution >= 4 is 27.5 Å². The Balaban J connectivity index is 2.30. The molecule has 1 aromatic carbocycles. The van der Waals surface area contributed by atoms with Crippen LogP contribution in [-0.2, 0) is 4.79 Å². The molecule has 2 aliphatic rings. The Bertz CT molecular complexity index is 858. The van der Waals surface area contributed by atoms with Crippen LogP contribution >= 0.6 is 15.9 Å². The number of carbonyl (C=O) groups excluding carboxylic acids is 1. The van der Waals surface area contributed by atoms with E-state index in [0.29, 0.717) is 22.3 Å². The van der Waals surface area contributed by atoms with Crippen molar-refractivity contribution in [3.05, 3.63) is 39.4 Å². The van der Waals surface area contributed by atoms with Gasteiger partial charge in [-0.2, -0.15) is 0 Å².